The maximum atomic E-state index is 14.4. The van der Waals surface area contributed by atoms with Crippen molar-refractivity contribution in [3.05, 3.63) is 75.5 Å². The van der Waals surface area contributed by atoms with Crippen LogP contribution in [-0.4, -0.2) is 46.7 Å². The largest absolute Gasteiger partial charge is 0.335 e. The zero-order valence-corrected chi connectivity index (χ0v) is 16.2. The summed E-state index contributed by atoms with van der Waals surface area (Å²) in [5, 5.41) is 11.3. The highest BCUT2D eigenvalue weighted by Gasteiger charge is 2.31. The lowest BCUT2D eigenvalue weighted by Crippen LogP contribution is -2.60. The van der Waals surface area contributed by atoms with Crippen molar-refractivity contribution in [2.45, 2.75) is 25.8 Å². The zero-order chi connectivity index (χ0) is 20.4. The molecule has 3 aromatic rings. The summed E-state index contributed by atoms with van der Waals surface area (Å²) in [6.45, 7) is 4.19. The van der Waals surface area contributed by atoms with Crippen LogP contribution in [0, 0.1) is 5.82 Å². The van der Waals surface area contributed by atoms with Gasteiger partial charge in [-0.15, -0.1) is 0 Å². The van der Waals surface area contributed by atoms with Gasteiger partial charge < -0.3 is 10.2 Å². The average molecular weight is 394 g/mol. The van der Waals surface area contributed by atoms with E-state index < -0.39 is 5.82 Å². The summed E-state index contributed by atoms with van der Waals surface area (Å²) in [7, 11) is 0. The Labute approximate surface area is 167 Å². The molecule has 7 heteroatoms. The summed E-state index contributed by atoms with van der Waals surface area (Å²) >= 11 is 0. The second-order valence-corrected chi connectivity index (χ2v) is 7.40. The van der Waals surface area contributed by atoms with Crippen LogP contribution in [0.3, 0.4) is 0 Å². The number of halogens is 1. The molecule has 1 aliphatic rings. The number of amides is 1. The van der Waals surface area contributed by atoms with E-state index in [0.29, 0.717) is 30.6 Å². The molecule has 2 heterocycles. The van der Waals surface area contributed by atoms with Gasteiger partial charge in [-0.25, -0.2) is 9.49 Å². The predicted molar refractivity (Wildman–Crippen MR) is 110 cm³/mol. The molecule has 0 bridgehead atoms. The molecule has 150 valence electrons. The fourth-order valence-electron chi connectivity index (χ4n) is 3.64. The van der Waals surface area contributed by atoms with E-state index in [1.165, 1.54) is 6.07 Å². The number of aromatic nitrogens is 2. The van der Waals surface area contributed by atoms with Gasteiger partial charge in [-0.2, -0.15) is 5.10 Å². The van der Waals surface area contributed by atoms with Crippen LogP contribution in [0.2, 0.25) is 0 Å². The van der Waals surface area contributed by atoms with E-state index in [-0.39, 0.29) is 23.1 Å². The van der Waals surface area contributed by atoms with Crippen molar-refractivity contribution in [3.8, 4) is 0 Å². The van der Waals surface area contributed by atoms with Gasteiger partial charge in [0.05, 0.1) is 16.6 Å². The Morgan fingerprint density at radius 2 is 2.00 bits per heavy atom. The van der Waals surface area contributed by atoms with Gasteiger partial charge in [-0.05, 0) is 36.7 Å². The Morgan fingerprint density at radius 3 is 2.76 bits per heavy atom. The van der Waals surface area contributed by atoms with Crippen LogP contribution < -0.4 is 10.9 Å². The fraction of sp³-hybridized carbons (Fsp3) is 0.318. The first-order chi connectivity index (χ1) is 14.1. The van der Waals surface area contributed by atoms with Gasteiger partial charge >= 0.3 is 0 Å². The van der Waals surface area contributed by atoms with Crippen LogP contribution in [0.5, 0.6) is 0 Å². The third-order valence-electron chi connectivity index (χ3n) is 5.26. The normalized spacial score (nSPS) is 14.2. The van der Waals surface area contributed by atoms with Gasteiger partial charge in [-0.1, -0.05) is 31.2 Å². The second-order valence-electron chi connectivity index (χ2n) is 7.40. The van der Waals surface area contributed by atoms with Crippen molar-refractivity contribution in [2.75, 3.05) is 19.6 Å². The predicted octanol–water partition coefficient (Wildman–Crippen LogP) is 2.48. The van der Waals surface area contributed by atoms with Gasteiger partial charge in [-0.3, -0.25) is 9.59 Å². The number of carbonyl (C=O) groups excluding carboxylic acids is 1. The Hall–Kier alpha value is -3.06. The molecule has 6 nitrogen and oxygen atoms in total. The number of hydrogen-bond acceptors (Lipinski definition) is 4. The average Bonchev–Trinajstić information content (AvgIpc) is 2.70. The molecule has 1 aliphatic heterocycles. The minimum absolute atomic E-state index is 0.0742. The van der Waals surface area contributed by atoms with E-state index in [0.717, 1.165) is 23.9 Å². The summed E-state index contributed by atoms with van der Waals surface area (Å²) in [5.74, 6) is -0.818. The molecule has 0 saturated carbocycles. The minimum Gasteiger partial charge on any atom is -0.335 e. The molecule has 0 spiro atoms. The standard InChI is InChI=1S/C22H23FN4O2/c1-2-9-24-15-12-27(13-15)22(29)18-10-14(7-8-19(18)23)11-20-16-5-3-4-6-17(16)21(28)26-25-20/h3-8,10,15,24H,2,9,11-13H2,1H3,(H,26,28). The molecule has 0 atom stereocenters. The molecule has 2 aromatic carbocycles. The monoisotopic (exact) mass is 394 g/mol. The smallest absolute Gasteiger partial charge is 0.272 e. The van der Waals surface area contributed by atoms with Gasteiger partial charge in [0.1, 0.15) is 5.82 Å². The summed E-state index contributed by atoms with van der Waals surface area (Å²) < 4.78 is 14.4. The van der Waals surface area contributed by atoms with Crippen molar-refractivity contribution in [3.63, 3.8) is 0 Å². The summed E-state index contributed by atoms with van der Waals surface area (Å²) in [6.07, 6.45) is 1.42. The molecule has 1 saturated heterocycles. The quantitative estimate of drug-likeness (QED) is 0.673. The minimum atomic E-state index is -0.525. The lowest BCUT2D eigenvalue weighted by Gasteiger charge is -2.39. The van der Waals surface area contributed by atoms with E-state index in [1.54, 1.807) is 29.2 Å². The summed E-state index contributed by atoms with van der Waals surface area (Å²) in [4.78, 5) is 26.3. The topological polar surface area (TPSA) is 78.1 Å². The molecular weight excluding hydrogens is 371 g/mol. The fourth-order valence-corrected chi connectivity index (χ4v) is 3.64. The molecule has 0 aliphatic carbocycles. The number of nitrogens with zero attached hydrogens (tertiary/aromatic N) is 2. The van der Waals surface area contributed by atoms with E-state index in [2.05, 4.69) is 22.4 Å². The van der Waals surface area contributed by atoms with Gasteiger partial charge in [0.25, 0.3) is 11.5 Å². The van der Waals surface area contributed by atoms with Gasteiger partial charge in [0.15, 0.2) is 0 Å². The number of hydrogen-bond donors (Lipinski definition) is 2. The van der Waals surface area contributed by atoms with Crippen molar-refractivity contribution in [1.82, 2.24) is 20.4 Å². The number of benzene rings is 2. The number of carbonyl (C=O) groups is 1. The summed E-state index contributed by atoms with van der Waals surface area (Å²) in [6, 6.07) is 12.1. The van der Waals surface area contributed by atoms with Crippen LogP contribution >= 0.6 is 0 Å². The highest BCUT2D eigenvalue weighted by molar-refractivity contribution is 5.95. The number of rotatable bonds is 6. The lowest BCUT2D eigenvalue weighted by molar-refractivity contribution is 0.0563. The number of nitrogens with one attached hydrogen (secondary N) is 2. The molecule has 0 unspecified atom stereocenters. The molecule has 4 rings (SSSR count). The zero-order valence-electron chi connectivity index (χ0n) is 16.2. The van der Waals surface area contributed by atoms with Gasteiger partial charge in [0, 0.05) is 30.9 Å². The number of fused-ring (bicyclic) bond motifs is 1. The summed E-state index contributed by atoms with van der Waals surface area (Å²) in [5.41, 5.74) is 1.27. The molecule has 1 aromatic heterocycles. The van der Waals surface area contributed by atoms with Crippen LogP contribution in [-0.2, 0) is 6.42 Å². The van der Waals surface area contributed by atoms with E-state index in [4.69, 9.17) is 0 Å². The Morgan fingerprint density at radius 1 is 1.24 bits per heavy atom. The van der Waals surface area contributed by atoms with Crippen LogP contribution in [0.25, 0.3) is 10.8 Å². The molecule has 29 heavy (non-hydrogen) atoms. The molecule has 1 amide bonds. The first kappa shape index (κ1) is 19.3. The van der Waals surface area contributed by atoms with Crippen LogP contribution in [0.1, 0.15) is 35.0 Å². The van der Waals surface area contributed by atoms with Crippen LogP contribution in [0.4, 0.5) is 4.39 Å². The first-order valence-corrected chi connectivity index (χ1v) is 9.84. The lowest BCUT2D eigenvalue weighted by atomic mass is 10.0. The highest BCUT2D eigenvalue weighted by Crippen LogP contribution is 2.21. The van der Waals surface area contributed by atoms with Crippen molar-refractivity contribution >= 4 is 16.7 Å². The second kappa shape index (κ2) is 8.13. The Balaban J connectivity index is 1.55. The molecular formula is C22H23FN4O2. The maximum Gasteiger partial charge on any atom is 0.272 e. The van der Waals surface area contributed by atoms with Crippen molar-refractivity contribution < 1.29 is 9.18 Å². The van der Waals surface area contributed by atoms with Crippen molar-refractivity contribution in [1.29, 1.82) is 0 Å². The number of aromatic amines is 1. The van der Waals surface area contributed by atoms with Gasteiger partial charge in [0.2, 0.25) is 0 Å². The number of likely N-dealkylation sites (tertiary alicyclic amines) is 1. The molecule has 2 N–H and O–H groups in total. The van der Waals surface area contributed by atoms with E-state index in [9.17, 15) is 14.0 Å². The van der Waals surface area contributed by atoms with Crippen molar-refractivity contribution in [2.24, 2.45) is 0 Å². The SMILES string of the molecule is CCCNC1CN(C(=O)c2cc(Cc3n[nH]c(=O)c4ccccc34)ccc2F)C1. The maximum absolute atomic E-state index is 14.4. The molecule has 1 fully saturated rings. The highest BCUT2D eigenvalue weighted by atomic mass is 19.1. The third kappa shape index (κ3) is 3.91. The Kier molecular flexibility index (Phi) is 5.40. The van der Waals surface area contributed by atoms with E-state index in [1.807, 2.05) is 12.1 Å². The first-order valence-electron chi connectivity index (χ1n) is 9.84. The third-order valence-corrected chi connectivity index (χ3v) is 5.26. The number of H-pyrrole nitrogens is 1. The van der Waals surface area contributed by atoms with Crippen LogP contribution in [0.15, 0.2) is 47.3 Å². The van der Waals surface area contributed by atoms with E-state index >= 15 is 0 Å². The Bertz CT molecular complexity index is 1110. The molecule has 0 radical (unpaired) electrons.